The summed E-state index contributed by atoms with van der Waals surface area (Å²) < 4.78 is 36.6. The van der Waals surface area contributed by atoms with Crippen molar-refractivity contribution in [3.05, 3.63) is 107 Å². The quantitative estimate of drug-likeness (QED) is 0.179. The lowest BCUT2D eigenvalue weighted by molar-refractivity contribution is -0.123. The highest BCUT2D eigenvalue weighted by Gasteiger charge is 2.35. The molecule has 4 aromatic carbocycles. The maximum absolute atomic E-state index is 13.1. The number of nitrogens with zero attached hydrogens (tertiary/aromatic N) is 1. The Morgan fingerprint density at radius 1 is 0.872 bits per heavy atom. The highest BCUT2D eigenvalue weighted by molar-refractivity contribution is 8.18. The predicted octanol–water partition coefficient (Wildman–Crippen LogP) is 6.55. The molecule has 0 bridgehead atoms. The average molecular weight is 560 g/mol. The number of ether oxygens (including phenoxy) is 1. The van der Waals surface area contributed by atoms with Crippen LogP contribution in [-0.4, -0.2) is 31.1 Å². The standard InChI is InChI=1S/C30H25NO6S2/c1-3-36-27-17-21(11-15-26(27)37-39(34,35)25-13-8-20(2)9-14-25)18-28-29(32)31(30(33)38-28)19-22-10-12-23-6-4-5-7-24(23)16-22/h4-18H,3,19H2,1-2H3/b28-18-. The van der Waals surface area contributed by atoms with Gasteiger partial charge in [0.25, 0.3) is 11.1 Å². The van der Waals surface area contributed by atoms with Crippen molar-refractivity contribution in [3.63, 3.8) is 0 Å². The average Bonchev–Trinajstić information content (AvgIpc) is 3.17. The van der Waals surface area contributed by atoms with Crippen molar-refractivity contribution in [1.29, 1.82) is 0 Å². The first-order chi connectivity index (χ1) is 18.7. The number of hydrogen-bond donors (Lipinski definition) is 0. The largest absolute Gasteiger partial charge is 0.490 e. The van der Waals surface area contributed by atoms with Crippen LogP contribution in [-0.2, 0) is 21.5 Å². The van der Waals surface area contributed by atoms with E-state index in [1.165, 1.54) is 23.1 Å². The Bertz CT molecular complexity index is 1710. The molecule has 1 fully saturated rings. The molecule has 1 saturated heterocycles. The van der Waals surface area contributed by atoms with Crippen molar-refractivity contribution in [3.8, 4) is 11.5 Å². The van der Waals surface area contributed by atoms with Crippen LogP contribution in [0.5, 0.6) is 11.5 Å². The van der Waals surface area contributed by atoms with Gasteiger partial charge < -0.3 is 8.92 Å². The number of benzene rings is 4. The normalized spacial score (nSPS) is 14.8. The molecule has 0 N–H and O–H groups in total. The minimum Gasteiger partial charge on any atom is -0.490 e. The first-order valence-corrected chi connectivity index (χ1v) is 14.5. The van der Waals surface area contributed by atoms with E-state index in [1.54, 1.807) is 37.3 Å². The summed E-state index contributed by atoms with van der Waals surface area (Å²) in [6.07, 6.45) is 1.59. The molecular formula is C30H25NO6S2. The van der Waals surface area contributed by atoms with Gasteiger partial charge >= 0.3 is 10.1 Å². The van der Waals surface area contributed by atoms with Crippen LogP contribution in [0.1, 0.15) is 23.6 Å². The lowest BCUT2D eigenvalue weighted by Crippen LogP contribution is -2.27. The maximum Gasteiger partial charge on any atom is 0.339 e. The van der Waals surface area contributed by atoms with Crippen LogP contribution in [0.25, 0.3) is 16.8 Å². The number of fused-ring (bicyclic) bond motifs is 1. The van der Waals surface area contributed by atoms with Crippen LogP contribution in [0.3, 0.4) is 0 Å². The van der Waals surface area contributed by atoms with Crippen molar-refractivity contribution in [1.82, 2.24) is 4.90 Å². The summed E-state index contributed by atoms with van der Waals surface area (Å²) in [4.78, 5) is 27.3. The van der Waals surface area contributed by atoms with Gasteiger partial charge in [-0.15, -0.1) is 0 Å². The molecule has 0 unspecified atom stereocenters. The second kappa shape index (κ2) is 11.0. The molecule has 0 atom stereocenters. The molecular weight excluding hydrogens is 534 g/mol. The van der Waals surface area contributed by atoms with Gasteiger partial charge in [0.15, 0.2) is 11.5 Å². The smallest absolute Gasteiger partial charge is 0.339 e. The van der Waals surface area contributed by atoms with Crippen LogP contribution in [0.15, 0.2) is 94.7 Å². The van der Waals surface area contributed by atoms with Gasteiger partial charge in [0.2, 0.25) is 0 Å². The molecule has 9 heteroatoms. The number of aryl methyl sites for hydroxylation is 1. The molecule has 0 saturated carbocycles. The summed E-state index contributed by atoms with van der Waals surface area (Å²) in [5.41, 5.74) is 2.34. The molecule has 1 aliphatic heterocycles. The Balaban J connectivity index is 1.37. The van der Waals surface area contributed by atoms with Gasteiger partial charge in [-0.2, -0.15) is 8.42 Å². The van der Waals surface area contributed by atoms with E-state index in [1.807, 2.05) is 49.4 Å². The Morgan fingerprint density at radius 3 is 2.36 bits per heavy atom. The lowest BCUT2D eigenvalue weighted by Gasteiger charge is -2.13. The molecule has 2 amide bonds. The topological polar surface area (TPSA) is 90.0 Å². The molecule has 5 rings (SSSR count). The summed E-state index contributed by atoms with van der Waals surface area (Å²) in [7, 11) is -4.08. The van der Waals surface area contributed by atoms with Crippen molar-refractivity contribution in [2.45, 2.75) is 25.3 Å². The highest BCUT2D eigenvalue weighted by atomic mass is 32.2. The zero-order chi connectivity index (χ0) is 27.6. The van der Waals surface area contributed by atoms with E-state index in [4.69, 9.17) is 8.92 Å². The number of rotatable bonds is 8. The number of thioether (sulfide) groups is 1. The van der Waals surface area contributed by atoms with Crippen molar-refractivity contribution < 1.29 is 26.9 Å². The monoisotopic (exact) mass is 559 g/mol. The van der Waals surface area contributed by atoms with E-state index in [0.29, 0.717) is 5.56 Å². The zero-order valence-corrected chi connectivity index (χ0v) is 22.9. The van der Waals surface area contributed by atoms with E-state index in [-0.39, 0.29) is 39.7 Å². The fourth-order valence-electron chi connectivity index (χ4n) is 4.13. The minimum absolute atomic E-state index is 0.0268. The van der Waals surface area contributed by atoms with E-state index in [2.05, 4.69) is 0 Å². The van der Waals surface area contributed by atoms with Crippen LogP contribution >= 0.6 is 11.8 Å². The third-order valence-electron chi connectivity index (χ3n) is 6.10. The third-order valence-corrected chi connectivity index (χ3v) is 8.26. The molecule has 1 heterocycles. The van der Waals surface area contributed by atoms with E-state index in [9.17, 15) is 18.0 Å². The third kappa shape index (κ3) is 5.84. The Labute approximate surface area is 231 Å². The van der Waals surface area contributed by atoms with Crippen molar-refractivity contribution in [2.75, 3.05) is 6.61 Å². The van der Waals surface area contributed by atoms with Crippen LogP contribution in [0.2, 0.25) is 0 Å². The van der Waals surface area contributed by atoms with Gasteiger partial charge in [-0.05, 0) is 83.9 Å². The zero-order valence-electron chi connectivity index (χ0n) is 21.3. The second-order valence-corrected chi connectivity index (χ2v) is 11.5. The van der Waals surface area contributed by atoms with Gasteiger partial charge in [-0.3, -0.25) is 14.5 Å². The van der Waals surface area contributed by atoms with Crippen LogP contribution in [0.4, 0.5) is 4.79 Å². The number of imide groups is 1. The number of amides is 2. The van der Waals surface area contributed by atoms with E-state index >= 15 is 0 Å². The summed E-state index contributed by atoms with van der Waals surface area (Å²) >= 11 is 0.862. The first kappa shape index (κ1) is 26.5. The lowest BCUT2D eigenvalue weighted by atomic mass is 10.1. The molecule has 0 aliphatic carbocycles. The summed E-state index contributed by atoms with van der Waals surface area (Å²) in [5, 5.41) is 1.76. The van der Waals surface area contributed by atoms with Crippen molar-refractivity contribution in [2.24, 2.45) is 0 Å². The Morgan fingerprint density at radius 2 is 1.62 bits per heavy atom. The van der Waals surface area contributed by atoms with E-state index in [0.717, 1.165) is 33.7 Å². The minimum atomic E-state index is -4.08. The Kier molecular flexibility index (Phi) is 7.45. The van der Waals surface area contributed by atoms with Crippen molar-refractivity contribution >= 4 is 49.9 Å². The molecule has 198 valence electrons. The van der Waals surface area contributed by atoms with Gasteiger partial charge in [0, 0.05) is 0 Å². The molecule has 0 aromatic heterocycles. The molecule has 0 spiro atoms. The molecule has 4 aromatic rings. The van der Waals surface area contributed by atoms with Crippen LogP contribution < -0.4 is 8.92 Å². The summed E-state index contributed by atoms with van der Waals surface area (Å²) in [5.74, 6) is -0.158. The number of carbonyl (C=O) groups is 2. The number of carbonyl (C=O) groups excluding carboxylic acids is 2. The Hall–Kier alpha value is -4.08. The first-order valence-electron chi connectivity index (χ1n) is 12.2. The molecule has 7 nitrogen and oxygen atoms in total. The fraction of sp³-hybridized carbons (Fsp3) is 0.133. The van der Waals surface area contributed by atoms with Gasteiger partial charge in [-0.1, -0.05) is 60.2 Å². The van der Waals surface area contributed by atoms with Gasteiger partial charge in [-0.25, -0.2) is 0 Å². The summed E-state index contributed by atoms with van der Waals surface area (Å²) in [6.45, 7) is 4.07. The molecule has 1 aliphatic rings. The second-order valence-electron chi connectivity index (χ2n) is 8.94. The highest BCUT2D eigenvalue weighted by Crippen LogP contribution is 2.36. The molecule has 39 heavy (non-hydrogen) atoms. The fourth-order valence-corrected chi connectivity index (χ4v) is 5.91. The van der Waals surface area contributed by atoms with Crippen LogP contribution in [0, 0.1) is 6.92 Å². The maximum atomic E-state index is 13.1. The number of hydrogen-bond acceptors (Lipinski definition) is 7. The van der Waals surface area contributed by atoms with E-state index < -0.39 is 16.0 Å². The van der Waals surface area contributed by atoms with Gasteiger partial charge in [0.05, 0.1) is 18.1 Å². The SMILES string of the molecule is CCOc1cc(/C=C2\SC(=O)N(Cc3ccc4ccccc4c3)C2=O)ccc1OS(=O)(=O)c1ccc(C)cc1. The van der Waals surface area contributed by atoms with Gasteiger partial charge in [0.1, 0.15) is 4.90 Å². The predicted molar refractivity (Wildman–Crippen MR) is 152 cm³/mol. The molecule has 0 radical (unpaired) electrons. The summed E-state index contributed by atoms with van der Waals surface area (Å²) in [6, 6.07) is 24.8.